The van der Waals surface area contributed by atoms with Gasteiger partial charge in [0, 0.05) is 6.61 Å². The van der Waals surface area contributed by atoms with Crippen LogP contribution >= 0.6 is 0 Å². The smallest absolute Gasteiger partial charge is 0.394 e. The SMILES string of the molecule is OCCC(CO)C(F)(F)F. The molecule has 0 saturated heterocycles. The molecule has 10 heavy (non-hydrogen) atoms. The zero-order valence-electron chi connectivity index (χ0n) is 5.23. The Morgan fingerprint density at radius 3 is 1.80 bits per heavy atom. The Labute approximate surface area is 56.3 Å². The Kier molecular flexibility index (Phi) is 3.67. The van der Waals surface area contributed by atoms with Gasteiger partial charge >= 0.3 is 6.18 Å². The fraction of sp³-hybridized carbons (Fsp3) is 1.00. The predicted octanol–water partition coefficient (Wildman–Crippen LogP) is 0.540. The highest BCUT2D eigenvalue weighted by Crippen LogP contribution is 2.27. The van der Waals surface area contributed by atoms with E-state index in [0.29, 0.717) is 0 Å². The zero-order valence-corrected chi connectivity index (χ0v) is 5.23. The summed E-state index contributed by atoms with van der Waals surface area (Å²) in [5.41, 5.74) is 0. The van der Waals surface area contributed by atoms with Gasteiger partial charge in [0.25, 0.3) is 0 Å². The van der Waals surface area contributed by atoms with Crippen molar-refractivity contribution in [3.8, 4) is 0 Å². The maximum Gasteiger partial charge on any atom is 0.394 e. The zero-order chi connectivity index (χ0) is 8.20. The van der Waals surface area contributed by atoms with Crippen LogP contribution in [0.25, 0.3) is 0 Å². The molecule has 0 aliphatic heterocycles. The number of aliphatic hydroxyl groups excluding tert-OH is 2. The Morgan fingerprint density at radius 1 is 1.20 bits per heavy atom. The monoisotopic (exact) mass is 158 g/mol. The van der Waals surface area contributed by atoms with Crippen LogP contribution in [0.4, 0.5) is 13.2 Å². The summed E-state index contributed by atoms with van der Waals surface area (Å²) >= 11 is 0. The summed E-state index contributed by atoms with van der Waals surface area (Å²) in [6, 6.07) is 0. The van der Waals surface area contributed by atoms with E-state index in [9.17, 15) is 13.2 Å². The van der Waals surface area contributed by atoms with Crippen molar-refractivity contribution in [1.29, 1.82) is 0 Å². The van der Waals surface area contributed by atoms with Gasteiger partial charge in [-0.2, -0.15) is 13.2 Å². The molecule has 0 aromatic rings. The first-order valence-electron chi connectivity index (χ1n) is 2.80. The standard InChI is InChI=1S/C5H9F3O2/c6-5(7,8)4(3-10)1-2-9/h4,9-10H,1-3H2. The van der Waals surface area contributed by atoms with E-state index >= 15 is 0 Å². The van der Waals surface area contributed by atoms with Gasteiger partial charge in [-0.3, -0.25) is 0 Å². The number of hydrogen-bond acceptors (Lipinski definition) is 2. The number of hydrogen-bond donors (Lipinski definition) is 2. The summed E-state index contributed by atoms with van der Waals surface area (Å²) in [7, 11) is 0. The molecule has 2 nitrogen and oxygen atoms in total. The lowest BCUT2D eigenvalue weighted by Gasteiger charge is -2.15. The van der Waals surface area contributed by atoms with Gasteiger partial charge in [0.2, 0.25) is 0 Å². The fourth-order valence-electron chi connectivity index (χ4n) is 0.514. The molecule has 0 bridgehead atoms. The molecule has 62 valence electrons. The lowest BCUT2D eigenvalue weighted by Crippen LogP contribution is -2.27. The van der Waals surface area contributed by atoms with Crippen molar-refractivity contribution in [2.45, 2.75) is 12.6 Å². The molecular weight excluding hydrogens is 149 g/mol. The van der Waals surface area contributed by atoms with Gasteiger partial charge in [0.05, 0.1) is 12.5 Å². The average Bonchev–Trinajstić information content (AvgIpc) is 1.80. The summed E-state index contributed by atoms with van der Waals surface area (Å²) in [4.78, 5) is 0. The fourth-order valence-corrected chi connectivity index (χ4v) is 0.514. The molecule has 1 unspecified atom stereocenters. The third kappa shape index (κ3) is 3.03. The van der Waals surface area contributed by atoms with Crippen LogP contribution in [0.2, 0.25) is 0 Å². The molecule has 0 aromatic heterocycles. The maximum absolute atomic E-state index is 11.6. The highest BCUT2D eigenvalue weighted by Gasteiger charge is 2.38. The third-order valence-electron chi connectivity index (χ3n) is 1.16. The molecule has 5 heteroatoms. The molecule has 0 heterocycles. The van der Waals surface area contributed by atoms with Crippen molar-refractivity contribution in [3.63, 3.8) is 0 Å². The van der Waals surface area contributed by atoms with E-state index in [0.717, 1.165) is 0 Å². The van der Waals surface area contributed by atoms with Crippen molar-refractivity contribution in [2.24, 2.45) is 5.92 Å². The van der Waals surface area contributed by atoms with Crippen molar-refractivity contribution in [2.75, 3.05) is 13.2 Å². The molecule has 0 spiro atoms. The normalized spacial score (nSPS) is 15.3. The molecule has 0 rings (SSSR count). The van der Waals surface area contributed by atoms with Gasteiger partial charge in [0.1, 0.15) is 0 Å². The Hall–Kier alpha value is -0.290. The van der Waals surface area contributed by atoms with E-state index in [2.05, 4.69) is 0 Å². The quantitative estimate of drug-likeness (QED) is 0.629. The van der Waals surface area contributed by atoms with Gasteiger partial charge < -0.3 is 10.2 Å². The number of alkyl halides is 3. The minimum Gasteiger partial charge on any atom is -0.396 e. The first-order valence-corrected chi connectivity index (χ1v) is 2.80. The minimum atomic E-state index is -4.39. The van der Waals surface area contributed by atoms with Gasteiger partial charge in [-0.15, -0.1) is 0 Å². The number of aliphatic hydroxyl groups is 2. The lowest BCUT2D eigenvalue weighted by molar-refractivity contribution is -0.187. The second-order valence-electron chi connectivity index (χ2n) is 1.93. The molecule has 0 amide bonds. The van der Waals surface area contributed by atoms with Crippen LogP contribution in [0.15, 0.2) is 0 Å². The van der Waals surface area contributed by atoms with Gasteiger partial charge in [-0.25, -0.2) is 0 Å². The van der Waals surface area contributed by atoms with Crippen LogP contribution in [0.3, 0.4) is 0 Å². The molecular formula is C5H9F3O2. The van der Waals surface area contributed by atoms with E-state index < -0.39 is 31.7 Å². The average molecular weight is 158 g/mol. The number of rotatable bonds is 3. The highest BCUT2D eigenvalue weighted by molar-refractivity contribution is 4.65. The van der Waals surface area contributed by atoms with Crippen molar-refractivity contribution >= 4 is 0 Å². The molecule has 0 saturated carbocycles. The van der Waals surface area contributed by atoms with E-state index in [1.165, 1.54) is 0 Å². The van der Waals surface area contributed by atoms with Crippen LogP contribution in [-0.2, 0) is 0 Å². The molecule has 1 atom stereocenters. The lowest BCUT2D eigenvalue weighted by atomic mass is 10.1. The Balaban J connectivity index is 3.81. The van der Waals surface area contributed by atoms with Crippen LogP contribution in [0.5, 0.6) is 0 Å². The predicted molar refractivity (Wildman–Crippen MR) is 28.3 cm³/mol. The summed E-state index contributed by atoms with van der Waals surface area (Å²) in [6.45, 7) is -1.51. The van der Waals surface area contributed by atoms with E-state index in [-0.39, 0.29) is 0 Å². The van der Waals surface area contributed by atoms with E-state index in [1.807, 2.05) is 0 Å². The molecule has 2 N–H and O–H groups in total. The topological polar surface area (TPSA) is 40.5 Å². The summed E-state index contributed by atoms with van der Waals surface area (Å²) < 4.78 is 34.9. The Morgan fingerprint density at radius 2 is 1.70 bits per heavy atom. The molecule has 0 radical (unpaired) electrons. The molecule has 0 aliphatic carbocycles. The van der Waals surface area contributed by atoms with E-state index in [1.54, 1.807) is 0 Å². The van der Waals surface area contributed by atoms with E-state index in [4.69, 9.17) is 10.2 Å². The largest absolute Gasteiger partial charge is 0.396 e. The number of halogens is 3. The van der Waals surface area contributed by atoms with Crippen LogP contribution in [-0.4, -0.2) is 29.6 Å². The third-order valence-corrected chi connectivity index (χ3v) is 1.16. The van der Waals surface area contributed by atoms with Gasteiger partial charge in [0.15, 0.2) is 0 Å². The summed E-state index contributed by atoms with van der Waals surface area (Å²) in [5.74, 6) is -1.78. The summed E-state index contributed by atoms with van der Waals surface area (Å²) in [5, 5.41) is 16.3. The molecule has 0 fully saturated rings. The van der Waals surface area contributed by atoms with Crippen molar-refractivity contribution in [1.82, 2.24) is 0 Å². The maximum atomic E-state index is 11.6. The minimum absolute atomic E-state index is 0.431. The molecule has 0 aromatic carbocycles. The second kappa shape index (κ2) is 3.78. The Bertz CT molecular complexity index is 91.4. The van der Waals surface area contributed by atoms with Crippen LogP contribution < -0.4 is 0 Å². The van der Waals surface area contributed by atoms with Gasteiger partial charge in [-0.05, 0) is 6.42 Å². The molecule has 0 aliphatic rings. The van der Waals surface area contributed by atoms with Crippen LogP contribution in [0.1, 0.15) is 6.42 Å². The van der Waals surface area contributed by atoms with Gasteiger partial charge in [-0.1, -0.05) is 0 Å². The van der Waals surface area contributed by atoms with Crippen LogP contribution in [0, 0.1) is 5.92 Å². The van der Waals surface area contributed by atoms with Crippen molar-refractivity contribution in [3.05, 3.63) is 0 Å². The first kappa shape index (κ1) is 9.71. The van der Waals surface area contributed by atoms with Crippen molar-refractivity contribution < 1.29 is 23.4 Å². The second-order valence-corrected chi connectivity index (χ2v) is 1.93. The highest BCUT2D eigenvalue weighted by atomic mass is 19.4. The summed E-state index contributed by atoms with van der Waals surface area (Å²) in [6.07, 6.45) is -4.82. The first-order chi connectivity index (χ1) is 4.52.